The van der Waals surface area contributed by atoms with E-state index in [1.165, 1.54) is 25.7 Å². The van der Waals surface area contributed by atoms with E-state index in [0.29, 0.717) is 18.5 Å². The van der Waals surface area contributed by atoms with Crippen LogP contribution in [0.3, 0.4) is 0 Å². The third-order valence-electron chi connectivity index (χ3n) is 5.22. The molecule has 1 aliphatic heterocycles. The fraction of sp³-hybridized carbons (Fsp3) is 0.737. The molecular weight excluding hydrogens is 330 g/mol. The summed E-state index contributed by atoms with van der Waals surface area (Å²) in [5.41, 5.74) is 0. The number of carbonyl (C=O) groups is 1. The van der Waals surface area contributed by atoms with E-state index in [0.717, 1.165) is 38.0 Å². The van der Waals surface area contributed by atoms with Crippen LogP contribution >= 0.6 is 0 Å². The maximum Gasteiger partial charge on any atom is 0.317 e. The zero-order chi connectivity index (χ0) is 18.4. The number of anilines is 1. The Morgan fingerprint density at radius 1 is 1.12 bits per heavy atom. The molecule has 144 valence electrons. The molecule has 0 aromatic carbocycles. The predicted molar refractivity (Wildman–Crippen MR) is 102 cm³/mol. The van der Waals surface area contributed by atoms with E-state index in [2.05, 4.69) is 15.5 Å². The lowest BCUT2D eigenvalue weighted by Crippen LogP contribution is -2.50. The Hall–Kier alpha value is -2.05. The summed E-state index contributed by atoms with van der Waals surface area (Å²) in [5, 5.41) is 11.5. The molecule has 1 unspecified atom stereocenters. The first-order valence-corrected chi connectivity index (χ1v) is 9.85. The highest BCUT2D eigenvalue weighted by Gasteiger charge is 2.26. The van der Waals surface area contributed by atoms with Gasteiger partial charge in [0.05, 0.1) is 6.54 Å². The van der Waals surface area contributed by atoms with Crippen molar-refractivity contribution in [2.24, 2.45) is 0 Å². The van der Waals surface area contributed by atoms with Crippen molar-refractivity contribution in [3.63, 3.8) is 0 Å². The maximum absolute atomic E-state index is 12.6. The maximum atomic E-state index is 12.6. The molecule has 26 heavy (non-hydrogen) atoms. The van der Waals surface area contributed by atoms with Gasteiger partial charge in [-0.1, -0.05) is 25.7 Å². The van der Waals surface area contributed by atoms with Crippen LogP contribution in [-0.4, -0.2) is 60.5 Å². The molecule has 0 bridgehead atoms. The first-order chi connectivity index (χ1) is 12.6. The fourth-order valence-corrected chi connectivity index (χ4v) is 3.69. The van der Waals surface area contributed by atoms with Crippen LogP contribution in [-0.2, 0) is 0 Å². The number of likely N-dealkylation sites (tertiary alicyclic amines) is 1. The number of urea groups is 1. The number of aromatic nitrogens is 2. The van der Waals surface area contributed by atoms with Gasteiger partial charge in [0.15, 0.2) is 5.82 Å². The van der Waals surface area contributed by atoms with Crippen LogP contribution in [0.1, 0.15) is 51.4 Å². The summed E-state index contributed by atoms with van der Waals surface area (Å²) in [7, 11) is 3.85. The minimum Gasteiger partial charge on any atom is -0.471 e. The number of carbonyl (C=O) groups excluding carboxylic acids is 1. The van der Waals surface area contributed by atoms with Crippen LogP contribution < -0.4 is 15.0 Å². The van der Waals surface area contributed by atoms with Gasteiger partial charge in [-0.05, 0) is 31.7 Å². The van der Waals surface area contributed by atoms with Crippen LogP contribution in [0.5, 0.6) is 5.88 Å². The number of hydrogen-bond donors (Lipinski definition) is 1. The number of piperidine rings is 1. The average Bonchev–Trinajstić information content (AvgIpc) is 2.91. The minimum atomic E-state index is -0.0249. The topological polar surface area (TPSA) is 70.6 Å². The smallest absolute Gasteiger partial charge is 0.317 e. The lowest BCUT2D eigenvalue weighted by atomic mass is 10.1. The SMILES string of the molecule is CN(C)c1ccc(OC2CCCN(C(=O)NC3CCCCCC3)C2)nn1. The van der Waals surface area contributed by atoms with E-state index in [1.807, 2.05) is 36.0 Å². The molecule has 2 amide bonds. The summed E-state index contributed by atoms with van der Waals surface area (Å²) in [4.78, 5) is 16.4. The van der Waals surface area contributed by atoms with Gasteiger partial charge in [0.25, 0.3) is 0 Å². The minimum absolute atomic E-state index is 0.0249. The molecule has 1 N–H and O–H groups in total. The van der Waals surface area contributed by atoms with E-state index in [1.54, 1.807) is 0 Å². The third-order valence-corrected chi connectivity index (χ3v) is 5.22. The monoisotopic (exact) mass is 361 g/mol. The molecule has 1 aromatic heterocycles. The average molecular weight is 361 g/mol. The van der Waals surface area contributed by atoms with Crippen LogP contribution in [0.15, 0.2) is 12.1 Å². The van der Waals surface area contributed by atoms with Gasteiger partial charge in [0, 0.05) is 32.7 Å². The Kier molecular flexibility index (Phi) is 6.52. The molecule has 0 radical (unpaired) electrons. The molecule has 0 spiro atoms. The molecule has 1 atom stereocenters. The molecule has 1 aromatic rings. The molecule has 7 nitrogen and oxygen atoms in total. The number of amides is 2. The fourth-order valence-electron chi connectivity index (χ4n) is 3.69. The Labute approximate surface area is 156 Å². The highest BCUT2D eigenvalue weighted by Crippen LogP contribution is 2.20. The molecule has 3 rings (SSSR count). The largest absolute Gasteiger partial charge is 0.471 e. The number of hydrogen-bond acceptors (Lipinski definition) is 5. The van der Waals surface area contributed by atoms with Gasteiger partial charge in [0.2, 0.25) is 5.88 Å². The zero-order valence-corrected chi connectivity index (χ0v) is 16.0. The third kappa shape index (κ3) is 5.22. The first-order valence-electron chi connectivity index (χ1n) is 9.85. The van der Waals surface area contributed by atoms with Gasteiger partial charge >= 0.3 is 6.03 Å². The van der Waals surface area contributed by atoms with Crippen molar-refractivity contribution in [1.29, 1.82) is 0 Å². The normalized spacial score (nSPS) is 21.8. The number of rotatable bonds is 4. The molecule has 7 heteroatoms. The van der Waals surface area contributed by atoms with Crippen LogP contribution in [0.2, 0.25) is 0 Å². The van der Waals surface area contributed by atoms with Gasteiger partial charge in [-0.25, -0.2) is 4.79 Å². The molecule has 2 heterocycles. The molecule has 1 aliphatic carbocycles. The summed E-state index contributed by atoms with van der Waals surface area (Å²) in [6, 6.07) is 4.11. The van der Waals surface area contributed by atoms with Crippen LogP contribution in [0, 0.1) is 0 Å². The molecule has 2 fully saturated rings. The Bertz CT molecular complexity index is 570. The summed E-state index contributed by atoms with van der Waals surface area (Å²) in [5.74, 6) is 1.32. The second-order valence-electron chi connectivity index (χ2n) is 7.59. The van der Waals surface area contributed by atoms with Gasteiger partial charge in [0.1, 0.15) is 6.10 Å². The van der Waals surface area contributed by atoms with Crippen molar-refractivity contribution in [3.05, 3.63) is 12.1 Å². The summed E-state index contributed by atoms with van der Waals surface area (Å²) < 4.78 is 5.97. The number of nitrogens with one attached hydrogen (secondary N) is 1. The van der Waals surface area contributed by atoms with Crippen molar-refractivity contribution < 1.29 is 9.53 Å². The molecular formula is C19H31N5O2. The quantitative estimate of drug-likeness (QED) is 0.835. The van der Waals surface area contributed by atoms with Crippen molar-refractivity contribution in [2.75, 3.05) is 32.1 Å². The molecule has 2 aliphatic rings. The van der Waals surface area contributed by atoms with Gasteiger partial charge < -0.3 is 19.9 Å². The van der Waals surface area contributed by atoms with Crippen LogP contribution in [0.4, 0.5) is 10.6 Å². The van der Waals surface area contributed by atoms with Crippen LogP contribution in [0.25, 0.3) is 0 Å². The summed E-state index contributed by atoms with van der Waals surface area (Å²) in [6.07, 6.45) is 9.09. The van der Waals surface area contributed by atoms with E-state index in [9.17, 15) is 4.79 Å². The summed E-state index contributed by atoms with van der Waals surface area (Å²) >= 11 is 0. The molecule has 1 saturated heterocycles. The van der Waals surface area contributed by atoms with Crippen molar-refractivity contribution in [2.45, 2.75) is 63.5 Å². The van der Waals surface area contributed by atoms with E-state index in [-0.39, 0.29) is 12.1 Å². The van der Waals surface area contributed by atoms with Gasteiger partial charge in [-0.15, -0.1) is 10.2 Å². The van der Waals surface area contributed by atoms with E-state index in [4.69, 9.17) is 4.74 Å². The second-order valence-corrected chi connectivity index (χ2v) is 7.59. The van der Waals surface area contributed by atoms with E-state index < -0.39 is 0 Å². The Balaban J connectivity index is 1.50. The van der Waals surface area contributed by atoms with Gasteiger partial charge in [-0.2, -0.15) is 0 Å². The molecule has 1 saturated carbocycles. The van der Waals surface area contributed by atoms with Crippen molar-refractivity contribution >= 4 is 11.8 Å². The summed E-state index contributed by atoms with van der Waals surface area (Å²) in [6.45, 7) is 1.40. The standard InChI is InChI=1S/C19H31N5O2/c1-23(2)17-11-12-18(22-21-17)26-16-10-7-13-24(14-16)19(25)20-15-8-5-3-4-6-9-15/h11-12,15-16H,3-10,13-14H2,1-2H3,(H,20,25). The van der Waals surface area contributed by atoms with Gasteiger partial charge in [-0.3, -0.25) is 0 Å². The first kappa shape index (κ1) is 18.7. The van der Waals surface area contributed by atoms with E-state index >= 15 is 0 Å². The number of ether oxygens (including phenoxy) is 1. The second kappa shape index (κ2) is 9.05. The Morgan fingerprint density at radius 3 is 2.54 bits per heavy atom. The number of nitrogens with zero attached hydrogens (tertiary/aromatic N) is 4. The van der Waals surface area contributed by atoms with Crippen molar-refractivity contribution in [3.8, 4) is 5.88 Å². The predicted octanol–water partition coefficient (Wildman–Crippen LogP) is 2.82. The lowest BCUT2D eigenvalue weighted by molar-refractivity contribution is 0.0956. The highest BCUT2D eigenvalue weighted by atomic mass is 16.5. The van der Waals surface area contributed by atoms with Crippen molar-refractivity contribution in [1.82, 2.24) is 20.4 Å². The lowest BCUT2D eigenvalue weighted by Gasteiger charge is -2.33. The Morgan fingerprint density at radius 2 is 1.88 bits per heavy atom. The highest BCUT2D eigenvalue weighted by molar-refractivity contribution is 5.74. The zero-order valence-electron chi connectivity index (χ0n) is 16.0.